The van der Waals surface area contributed by atoms with E-state index < -0.39 is 11.4 Å². The second-order valence-electron chi connectivity index (χ2n) is 20.7. The van der Waals surface area contributed by atoms with Crippen molar-refractivity contribution in [3.05, 3.63) is 11.1 Å². The molecule has 0 aliphatic heterocycles. The molecule has 0 bridgehead atoms. The Kier molecular flexibility index (Phi) is 10.3. The van der Waals surface area contributed by atoms with Gasteiger partial charge in [0.05, 0.1) is 17.9 Å². The van der Waals surface area contributed by atoms with Crippen LogP contribution in [0.3, 0.4) is 0 Å². The molecule has 0 aromatic heterocycles. The van der Waals surface area contributed by atoms with E-state index in [0.717, 1.165) is 57.5 Å². The molecule has 5 saturated carbocycles. The molecule has 0 heterocycles. The van der Waals surface area contributed by atoms with Gasteiger partial charge < -0.3 is 20.3 Å². The standard InChI is InChI=1S/C44H73NO5/c1-28(2)30-17-22-44(34(46)27-45-26-29-13-11-10-12-14-29)24-23-42(8)31(37(30)44)15-16-33-41(7)20-19-35(50-36(47)25-39(3,4)38(48)49)40(5,6)32(41)18-21-43(33,42)9/h28-29,31-35,45-46H,10-27H2,1-9H3,(H,48,49)/t31-,32?,33-,34-,35+,41+,42-,43-,44-/m1/s1. The normalized spacial score (nSPS) is 40.8. The zero-order valence-electron chi connectivity index (χ0n) is 33.4. The molecule has 0 radical (unpaired) electrons. The lowest BCUT2D eigenvalue weighted by Crippen LogP contribution is -2.66. The van der Waals surface area contributed by atoms with E-state index in [2.05, 4.69) is 53.8 Å². The van der Waals surface area contributed by atoms with Gasteiger partial charge in [0.1, 0.15) is 6.10 Å². The van der Waals surface area contributed by atoms with Crippen LogP contribution in [-0.4, -0.2) is 47.4 Å². The number of carboxylic acid groups (broad SMARTS) is 1. The number of carboxylic acids is 1. The average molecular weight is 696 g/mol. The van der Waals surface area contributed by atoms with Gasteiger partial charge in [-0.1, -0.05) is 78.9 Å². The van der Waals surface area contributed by atoms with Crippen LogP contribution in [0.25, 0.3) is 0 Å². The van der Waals surface area contributed by atoms with Crippen molar-refractivity contribution in [3.63, 3.8) is 0 Å². The molecule has 0 saturated heterocycles. The van der Waals surface area contributed by atoms with Crippen LogP contribution >= 0.6 is 0 Å². The van der Waals surface area contributed by atoms with Crippen LogP contribution < -0.4 is 5.32 Å². The number of ether oxygens (including phenoxy) is 1. The van der Waals surface area contributed by atoms with Crippen LogP contribution in [0.2, 0.25) is 0 Å². The second-order valence-corrected chi connectivity index (χ2v) is 20.7. The highest BCUT2D eigenvalue weighted by Gasteiger charge is 2.70. The first-order valence-electron chi connectivity index (χ1n) is 20.9. The van der Waals surface area contributed by atoms with Crippen molar-refractivity contribution in [2.75, 3.05) is 13.1 Å². The minimum atomic E-state index is -1.13. The number of carbonyl (C=O) groups is 2. The van der Waals surface area contributed by atoms with E-state index in [4.69, 9.17) is 4.74 Å². The Hall–Kier alpha value is -1.40. The van der Waals surface area contributed by atoms with Crippen molar-refractivity contribution in [2.24, 2.45) is 62.1 Å². The minimum Gasteiger partial charge on any atom is -0.481 e. The molecule has 6 aliphatic carbocycles. The molecule has 6 heteroatoms. The van der Waals surface area contributed by atoms with E-state index in [-0.39, 0.29) is 51.7 Å². The van der Waals surface area contributed by atoms with Crippen molar-refractivity contribution in [1.82, 2.24) is 5.32 Å². The lowest BCUT2D eigenvalue weighted by atomic mass is 9.33. The van der Waals surface area contributed by atoms with Crippen LogP contribution in [0, 0.1) is 62.1 Å². The van der Waals surface area contributed by atoms with Crippen molar-refractivity contribution in [3.8, 4) is 0 Å². The van der Waals surface area contributed by atoms with E-state index in [1.165, 1.54) is 57.8 Å². The summed E-state index contributed by atoms with van der Waals surface area (Å²) >= 11 is 0. The van der Waals surface area contributed by atoms with Gasteiger partial charge in [0.2, 0.25) is 0 Å². The summed E-state index contributed by atoms with van der Waals surface area (Å²) in [5, 5.41) is 25.6. The molecular formula is C44H73NO5. The molecule has 0 amide bonds. The molecule has 284 valence electrons. The number of hydrogen-bond donors (Lipinski definition) is 3. The summed E-state index contributed by atoms with van der Waals surface area (Å²) in [5.74, 6) is 1.55. The van der Waals surface area contributed by atoms with E-state index in [1.807, 2.05) is 0 Å². The van der Waals surface area contributed by atoms with Gasteiger partial charge in [0.25, 0.3) is 0 Å². The maximum absolute atomic E-state index is 13.1. The highest BCUT2D eigenvalue weighted by atomic mass is 16.5. The summed E-state index contributed by atoms with van der Waals surface area (Å²) in [5.41, 5.74) is 2.55. The lowest BCUT2D eigenvalue weighted by molar-refractivity contribution is -0.235. The van der Waals surface area contributed by atoms with Crippen LogP contribution in [-0.2, 0) is 14.3 Å². The number of esters is 1. The Balaban J connectivity index is 1.23. The molecule has 0 aromatic rings. The van der Waals surface area contributed by atoms with Gasteiger partial charge in [-0.25, -0.2) is 0 Å². The first kappa shape index (κ1) is 38.3. The predicted octanol–water partition coefficient (Wildman–Crippen LogP) is 9.73. The van der Waals surface area contributed by atoms with E-state index in [9.17, 15) is 19.8 Å². The maximum Gasteiger partial charge on any atom is 0.309 e. The Labute approximate surface area is 304 Å². The summed E-state index contributed by atoms with van der Waals surface area (Å²) in [6.07, 6.45) is 17.4. The molecule has 6 nitrogen and oxygen atoms in total. The fraction of sp³-hybridized carbons (Fsp3) is 0.909. The molecule has 6 aliphatic rings. The monoisotopic (exact) mass is 696 g/mol. The van der Waals surface area contributed by atoms with Crippen LogP contribution in [0.4, 0.5) is 0 Å². The zero-order chi connectivity index (χ0) is 36.5. The van der Waals surface area contributed by atoms with Gasteiger partial charge in [-0.2, -0.15) is 0 Å². The van der Waals surface area contributed by atoms with E-state index >= 15 is 0 Å². The number of aliphatic carboxylic acids is 1. The Morgan fingerprint density at radius 1 is 0.860 bits per heavy atom. The highest BCUT2D eigenvalue weighted by Crippen LogP contribution is 2.77. The fourth-order valence-electron chi connectivity index (χ4n) is 14.1. The van der Waals surface area contributed by atoms with Crippen LogP contribution in [0.5, 0.6) is 0 Å². The van der Waals surface area contributed by atoms with Crippen LogP contribution in [0.15, 0.2) is 11.1 Å². The minimum absolute atomic E-state index is 0.0766. The quantitative estimate of drug-likeness (QED) is 0.156. The largest absolute Gasteiger partial charge is 0.481 e. The maximum atomic E-state index is 13.1. The number of fused-ring (bicyclic) bond motifs is 7. The van der Waals surface area contributed by atoms with Gasteiger partial charge in [-0.3, -0.25) is 9.59 Å². The third kappa shape index (κ3) is 6.05. The molecular weight excluding hydrogens is 622 g/mol. The van der Waals surface area contributed by atoms with Crippen molar-refractivity contribution >= 4 is 11.9 Å². The van der Waals surface area contributed by atoms with Gasteiger partial charge in [-0.05, 0) is 143 Å². The third-order valence-corrected chi connectivity index (χ3v) is 17.2. The molecule has 9 atom stereocenters. The summed E-state index contributed by atoms with van der Waals surface area (Å²) < 4.78 is 6.19. The molecule has 5 fully saturated rings. The fourth-order valence-corrected chi connectivity index (χ4v) is 14.1. The third-order valence-electron chi connectivity index (χ3n) is 17.2. The van der Waals surface area contributed by atoms with Gasteiger partial charge in [0, 0.05) is 17.4 Å². The first-order valence-corrected chi connectivity index (χ1v) is 20.9. The molecule has 1 unspecified atom stereocenters. The molecule has 0 spiro atoms. The molecule has 6 rings (SSSR count). The van der Waals surface area contributed by atoms with Gasteiger partial charge in [0.15, 0.2) is 0 Å². The SMILES string of the molecule is CC(C)C1=C2[C@H]3CC[C@@H]4[C@@]5(C)CC[C@H](OC(=O)CC(C)(C)C(=O)O)C(C)(C)C5CC[C@@]4(C)[C@]3(C)CC[C@@]2([C@H](O)CNCC2CCCCC2)CC1. The van der Waals surface area contributed by atoms with Gasteiger partial charge in [-0.15, -0.1) is 0 Å². The summed E-state index contributed by atoms with van der Waals surface area (Å²) in [6, 6.07) is 0. The second kappa shape index (κ2) is 13.5. The van der Waals surface area contributed by atoms with Crippen molar-refractivity contribution < 1.29 is 24.5 Å². The number of aliphatic hydroxyl groups excluding tert-OH is 1. The topological polar surface area (TPSA) is 95.9 Å². The average Bonchev–Trinajstić information content (AvgIpc) is 3.44. The number of allylic oxidation sites excluding steroid dienone is 1. The smallest absolute Gasteiger partial charge is 0.309 e. The van der Waals surface area contributed by atoms with E-state index in [1.54, 1.807) is 25.0 Å². The summed E-state index contributed by atoms with van der Waals surface area (Å²) in [7, 11) is 0. The molecule has 3 N–H and O–H groups in total. The number of aliphatic hydroxyl groups is 1. The Bertz CT molecular complexity index is 1330. The molecule has 50 heavy (non-hydrogen) atoms. The van der Waals surface area contributed by atoms with Crippen LogP contribution in [0.1, 0.15) is 165 Å². The van der Waals surface area contributed by atoms with Gasteiger partial charge >= 0.3 is 11.9 Å². The summed E-state index contributed by atoms with van der Waals surface area (Å²) in [6.45, 7) is 22.3. The van der Waals surface area contributed by atoms with E-state index in [0.29, 0.717) is 23.7 Å². The number of hydrogen-bond acceptors (Lipinski definition) is 5. The number of nitrogens with one attached hydrogen (secondary N) is 1. The zero-order valence-corrected chi connectivity index (χ0v) is 33.4. The number of carbonyl (C=O) groups excluding carboxylic acids is 1. The molecule has 0 aromatic carbocycles. The Morgan fingerprint density at radius 3 is 2.22 bits per heavy atom. The van der Waals surface area contributed by atoms with Crippen molar-refractivity contribution in [1.29, 1.82) is 0 Å². The van der Waals surface area contributed by atoms with Crippen molar-refractivity contribution in [2.45, 2.75) is 177 Å². The highest BCUT2D eigenvalue weighted by molar-refractivity contribution is 5.81. The first-order chi connectivity index (χ1) is 23.3. The number of rotatable bonds is 10. The lowest BCUT2D eigenvalue weighted by Gasteiger charge is -2.72. The summed E-state index contributed by atoms with van der Waals surface area (Å²) in [4.78, 5) is 24.8. The Morgan fingerprint density at radius 2 is 1.56 bits per heavy atom. The predicted molar refractivity (Wildman–Crippen MR) is 200 cm³/mol.